The molecular formula is C16H22O. The Hall–Kier alpha value is -1.37. The van der Waals surface area contributed by atoms with Crippen molar-refractivity contribution in [2.45, 2.75) is 47.9 Å². The van der Waals surface area contributed by atoms with Crippen LogP contribution in [0.4, 0.5) is 0 Å². The first-order valence-corrected chi connectivity index (χ1v) is 5.87. The number of Topliss-reactive ketones (excluding diaryl/α,β-unsaturated/α-hetero) is 1. The molecule has 1 nitrogen and oxygen atoms in total. The summed E-state index contributed by atoms with van der Waals surface area (Å²) >= 11 is 0. The fourth-order valence-electron chi connectivity index (χ4n) is 2.29. The van der Waals surface area contributed by atoms with Crippen molar-refractivity contribution in [1.82, 2.24) is 0 Å². The molecule has 0 aromatic heterocycles. The summed E-state index contributed by atoms with van der Waals surface area (Å²) in [6.07, 6.45) is 0.717. The molecule has 0 fully saturated rings. The van der Waals surface area contributed by atoms with Crippen molar-refractivity contribution in [2.24, 2.45) is 0 Å². The number of carbonyl (C=O) groups excluding carboxylic acids is 1. The van der Waals surface area contributed by atoms with Crippen LogP contribution in [0.2, 0.25) is 0 Å². The van der Waals surface area contributed by atoms with Crippen LogP contribution >= 0.6 is 0 Å². The molecular weight excluding hydrogens is 208 g/mol. The molecule has 0 N–H and O–H groups in total. The van der Waals surface area contributed by atoms with Crippen molar-refractivity contribution in [3.05, 3.63) is 45.5 Å². The second-order valence-electron chi connectivity index (χ2n) is 4.91. The maximum atomic E-state index is 12.0. The molecule has 0 atom stereocenters. The van der Waals surface area contributed by atoms with E-state index in [1.165, 1.54) is 5.56 Å². The van der Waals surface area contributed by atoms with Gasteiger partial charge in [-0.25, -0.2) is 0 Å². The lowest BCUT2D eigenvalue weighted by atomic mass is 9.85. The van der Waals surface area contributed by atoms with Gasteiger partial charge in [-0.05, 0) is 75.8 Å². The van der Waals surface area contributed by atoms with Gasteiger partial charge in [-0.3, -0.25) is 4.79 Å². The fourth-order valence-corrected chi connectivity index (χ4v) is 2.29. The van der Waals surface area contributed by atoms with Gasteiger partial charge < -0.3 is 0 Å². The molecule has 0 radical (unpaired) electrons. The van der Waals surface area contributed by atoms with Gasteiger partial charge in [0, 0.05) is 6.93 Å². The van der Waals surface area contributed by atoms with E-state index in [9.17, 15) is 4.79 Å². The Morgan fingerprint density at radius 2 is 1.65 bits per heavy atom. The maximum absolute atomic E-state index is 12.0. The molecule has 92 valence electrons. The number of carbonyl (C=O) groups is 1. The molecule has 0 unspecified atom stereocenters. The lowest BCUT2D eigenvalue weighted by Crippen LogP contribution is -2.09. The van der Waals surface area contributed by atoms with Crippen molar-refractivity contribution in [2.75, 3.05) is 0 Å². The number of ketones is 1. The summed E-state index contributed by atoms with van der Waals surface area (Å²) in [5.74, 6) is -0.0880. The van der Waals surface area contributed by atoms with Crippen LogP contribution in [0.1, 0.15) is 53.4 Å². The molecule has 1 aromatic rings. The summed E-state index contributed by atoms with van der Waals surface area (Å²) in [5.41, 5.74) is 7.43. The van der Waals surface area contributed by atoms with Gasteiger partial charge in [-0.2, -0.15) is 0 Å². The van der Waals surface area contributed by atoms with Gasteiger partial charge in [0.1, 0.15) is 0 Å². The number of rotatable bonds is 3. The van der Waals surface area contributed by atoms with Crippen LogP contribution in [0.25, 0.3) is 0 Å². The average Bonchev–Trinajstić information content (AvgIpc) is 2.32. The summed E-state index contributed by atoms with van der Waals surface area (Å²) in [6, 6.07) is 0. The summed E-state index contributed by atoms with van der Waals surface area (Å²) in [5, 5.41) is 0. The Kier molecular flexibility index (Phi) is 3.46. The van der Waals surface area contributed by atoms with E-state index < -0.39 is 0 Å². The van der Waals surface area contributed by atoms with E-state index in [0.29, 0.717) is 0 Å². The SMILES string of the molecule is [3H]CC(=O)c1c(C)c(C)c(C)c(C)c1CC(=C)C. The largest absolute Gasteiger partial charge is 0.294 e. The van der Waals surface area contributed by atoms with Gasteiger partial charge in [-0.15, -0.1) is 0 Å². The van der Waals surface area contributed by atoms with Gasteiger partial charge in [0.25, 0.3) is 0 Å². The van der Waals surface area contributed by atoms with Crippen LogP contribution < -0.4 is 0 Å². The average molecular weight is 232 g/mol. The summed E-state index contributed by atoms with van der Waals surface area (Å²) < 4.78 is 7.34. The number of benzene rings is 1. The van der Waals surface area contributed by atoms with E-state index in [0.717, 1.165) is 39.8 Å². The monoisotopic (exact) mass is 232 g/mol. The maximum Gasteiger partial charge on any atom is 0.160 e. The van der Waals surface area contributed by atoms with Crippen LogP contribution in [0.3, 0.4) is 0 Å². The molecule has 17 heavy (non-hydrogen) atoms. The smallest absolute Gasteiger partial charge is 0.160 e. The van der Waals surface area contributed by atoms with Gasteiger partial charge in [0.05, 0.1) is 0 Å². The second kappa shape index (κ2) is 4.87. The van der Waals surface area contributed by atoms with E-state index in [4.69, 9.17) is 1.37 Å². The Bertz CT molecular complexity index is 513. The number of hydrogen-bond donors (Lipinski definition) is 0. The first-order chi connectivity index (χ1) is 8.31. The molecule has 0 amide bonds. The van der Waals surface area contributed by atoms with Crippen LogP contribution in [-0.4, -0.2) is 5.78 Å². The van der Waals surface area contributed by atoms with Gasteiger partial charge >= 0.3 is 0 Å². The molecule has 0 bridgehead atoms. The summed E-state index contributed by atoms with van der Waals surface area (Å²) in [7, 11) is 0. The Morgan fingerprint density at radius 1 is 1.12 bits per heavy atom. The molecule has 0 aliphatic rings. The fraction of sp³-hybridized carbons (Fsp3) is 0.438. The topological polar surface area (TPSA) is 17.1 Å². The molecule has 0 saturated carbocycles. The third kappa shape index (κ3) is 2.49. The van der Waals surface area contributed by atoms with E-state index in [2.05, 4.69) is 20.4 Å². The van der Waals surface area contributed by atoms with Crippen LogP contribution in [0, 0.1) is 27.7 Å². The number of allylic oxidation sites excluding steroid dienone is 1. The quantitative estimate of drug-likeness (QED) is 0.562. The minimum atomic E-state index is -0.189. The zero-order chi connectivity index (χ0) is 14.0. The van der Waals surface area contributed by atoms with Gasteiger partial charge in [0.15, 0.2) is 5.78 Å². The Labute approximate surface area is 106 Å². The van der Waals surface area contributed by atoms with E-state index in [-0.39, 0.29) is 12.7 Å². The molecule has 0 aliphatic heterocycles. The zero-order valence-corrected chi connectivity index (χ0v) is 11.5. The molecule has 1 rings (SSSR count). The minimum absolute atomic E-state index is 0.0880. The predicted octanol–water partition coefficient (Wildman–Crippen LogP) is 4.24. The first kappa shape index (κ1) is 12.1. The zero-order valence-electron chi connectivity index (χ0n) is 12.5. The highest BCUT2D eigenvalue weighted by atomic mass is 16.1. The highest BCUT2D eigenvalue weighted by Crippen LogP contribution is 2.28. The molecule has 0 aliphatic carbocycles. The number of hydrogen-bond acceptors (Lipinski definition) is 1. The van der Waals surface area contributed by atoms with Crippen molar-refractivity contribution in [3.8, 4) is 0 Å². The predicted molar refractivity (Wildman–Crippen MR) is 73.9 cm³/mol. The third-order valence-corrected chi connectivity index (χ3v) is 3.57. The second-order valence-corrected chi connectivity index (χ2v) is 4.91. The highest BCUT2D eigenvalue weighted by molar-refractivity contribution is 5.98. The molecule has 1 heteroatoms. The van der Waals surface area contributed by atoms with Crippen molar-refractivity contribution >= 4 is 5.78 Å². The Morgan fingerprint density at radius 3 is 2.12 bits per heavy atom. The summed E-state index contributed by atoms with van der Waals surface area (Å²) in [6.45, 7) is 13.9. The molecule has 0 spiro atoms. The highest BCUT2D eigenvalue weighted by Gasteiger charge is 2.17. The van der Waals surface area contributed by atoms with Crippen LogP contribution in [-0.2, 0) is 6.42 Å². The summed E-state index contributed by atoms with van der Waals surface area (Å²) in [4.78, 5) is 12.0. The van der Waals surface area contributed by atoms with Crippen LogP contribution in [0.5, 0.6) is 0 Å². The normalized spacial score (nSPS) is 11.2. The first-order valence-electron chi connectivity index (χ1n) is 6.58. The van der Waals surface area contributed by atoms with E-state index >= 15 is 0 Å². The van der Waals surface area contributed by atoms with Gasteiger partial charge in [-0.1, -0.05) is 12.2 Å². The third-order valence-electron chi connectivity index (χ3n) is 3.57. The van der Waals surface area contributed by atoms with Crippen molar-refractivity contribution < 1.29 is 6.17 Å². The lowest BCUT2D eigenvalue weighted by molar-refractivity contribution is 0.101. The van der Waals surface area contributed by atoms with Crippen LogP contribution in [0.15, 0.2) is 12.2 Å². The van der Waals surface area contributed by atoms with Crippen molar-refractivity contribution in [1.29, 1.82) is 0 Å². The minimum Gasteiger partial charge on any atom is -0.294 e. The molecule has 0 saturated heterocycles. The van der Waals surface area contributed by atoms with E-state index in [1.54, 1.807) is 0 Å². The molecule has 1 aromatic carbocycles. The van der Waals surface area contributed by atoms with Gasteiger partial charge in [0.2, 0.25) is 0 Å². The van der Waals surface area contributed by atoms with E-state index in [1.807, 2.05) is 20.8 Å². The van der Waals surface area contributed by atoms with Crippen molar-refractivity contribution in [3.63, 3.8) is 0 Å². The Balaban J connectivity index is 3.63. The standard InChI is InChI=1S/C16H22O/c1-9(2)8-15-12(5)10(3)11(4)13(6)16(15)14(7)17/h1,8H2,2-7H3/i7T. The lowest BCUT2D eigenvalue weighted by Gasteiger charge is -2.19. The molecule has 0 heterocycles.